The molecule has 4 heteroatoms. The Morgan fingerprint density at radius 3 is 2.82 bits per heavy atom. The van der Waals surface area contributed by atoms with Crippen LogP contribution in [0, 0.1) is 0 Å². The van der Waals surface area contributed by atoms with E-state index < -0.39 is 0 Å². The Morgan fingerprint density at radius 1 is 1.18 bits per heavy atom. The van der Waals surface area contributed by atoms with Gasteiger partial charge < -0.3 is 10.2 Å². The van der Waals surface area contributed by atoms with E-state index in [2.05, 4.69) is 53.6 Å². The number of rotatable bonds is 7. The summed E-state index contributed by atoms with van der Waals surface area (Å²) in [5.41, 5.74) is 2.01. The molecule has 0 spiro atoms. The molecule has 0 unspecified atom stereocenters. The van der Waals surface area contributed by atoms with Crippen LogP contribution in [0.25, 0.3) is 10.9 Å². The molecular weight excluding hydrogens is 294 g/mol. The molecule has 1 aromatic carbocycles. The number of hydrogen-bond acceptors (Lipinski definition) is 3. The van der Waals surface area contributed by atoms with Crippen molar-refractivity contribution in [2.75, 3.05) is 32.5 Å². The van der Waals surface area contributed by atoms with Crippen LogP contribution in [0.2, 0.25) is 5.02 Å². The van der Waals surface area contributed by atoms with E-state index in [4.69, 9.17) is 11.6 Å². The van der Waals surface area contributed by atoms with Gasteiger partial charge in [0, 0.05) is 35.4 Å². The zero-order valence-electron chi connectivity index (χ0n) is 13.1. The van der Waals surface area contributed by atoms with E-state index >= 15 is 0 Å². The fourth-order valence-electron chi connectivity index (χ4n) is 2.09. The summed E-state index contributed by atoms with van der Waals surface area (Å²) in [4.78, 5) is 6.48. The third kappa shape index (κ3) is 5.17. The molecule has 3 nitrogen and oxygen atoms in total. The Bertz CT molecular complexity index is 662. The monoisotopic (exact) mass is 315 g/mol. The van der Waals surface area contributed by atoms with Gasteiger partial charge in [-0.05, 0) is 44.8 Å². The minimum Gasteiger partial charge on any atom is -0.384 e. The fourth-order valence-corrected chi connectivity index (χ4v) is 2.26. The molecule has 0 fully saturated rings. The fraction of sp³-hybridized carbons (Fsp3) is 0.278. The molecule has 2 aromatic rings. The van der Waals surface area contributed by atoms with Gasteiger partial charge in [0.15, 0.2) is 0 Å². The van der Waals surface area contributed by atoms with Gasteiger partial charge >= 0.3 is 0 Å². The molecule has 2 rings (SSSR count). The Labute approximate surface area is 137 Å². The first-order chi connectivity index (χ1) is 10.7. The van der Waals surface area contributed by atoms with Crippen LogP contribution in [0.15, 0.2) is 54.8 Å². The lowest BCUT2D eigenvalue weighted by Crippen LogP contribution is -2.10. The number of pyridine rings is 1. The zero-order valence-corrected chi connectivity index (χ0v) is 13.8. The Kier molecular flexibility index (Phi) is 6.44. The topological polar surface area (TPSA) is 28.2 Å². The van der Waals surface area contributed by atoms with Gasteiger partial charge in [-0.1, -0.05) is 35.9 Å². The van der Waals surface area contributed by atoms with Gasteiger partial charge in [-0.15, -0.1) is 0 Å². The van der Waals surface area contributed by atoms with E-state index in [9.17, 15) is 0 Å². The number of nitrogens with zero attached hydrogens (tertiary/aromatic N) is 2. The highest BCUT2D eigenvalue weighted by molar-refractivity contribution is 6.31. The number of benzene rings is 1. The van der Waals surface area contributed by atoms with E-state index in [1.807, 2.05) is 24.3 Å². The summed E-state index contributed by atoms with van der Waals surface area (Å²) in [6, 6.07) is 7.79. The van der Waals surface area contributed by atoms with Crippen LogP contribution in [0.4, 0.5) is 5.69 Å². The largest absolute Gasteiger partial charge is 0.384 e. The van der Waals surface area contributed by atoms with Gasteiger partial charge in [-0.2, -0.15) is 0 Å². The van der Waals surface area contributed by atoms with Crippen molar-refractivity contribution in [2.24, 2.45) is 0 Å². The quantitative estimate of drug-likeness (QED) is 0.607. The van der Waals surface area contributed by atoms with Crippen molar-refractivity contribution in [3.8, 4) is 0 Å². The average Bonchev–Trinajstić information content (AvgIpc) is 2.49. The number of allylic oxidation sites excluding steroid dienone is 2. The van der Waals surface area contributed by atoms with E-state index in [-0.39, 0.29) is 0 Å². The molecule has 0 atom stereocenters. The number of hydrogen-bond donors (Lipinski definition) is 1. The second kappa shape index (κ2) is 8.57. The lowest BCUT2D eigenvalue weighted by atomic mass is 10.2. The first-order valence-electron chi connectivity index (χ1n) is 7.41. The molecule has 1 N–H and O–H groups in total. The summed E-state index contributed by atoms with van der Waals surface area (Å²) in [6.45, 7) is 1.86. The van der Waals surface area contributed by atoms with Gasteiger partial charge in [0.2, 0.25) is 0 Å². The first kappa shape index (κ1) is 16.5. The van der Waals surface area contributed by atoms with Crippen molar-refractivity contribution >= 4 is 28.2 Å². The molecule has 0 radical (unpaired) electrons. The van der Waals surface area contributed by atoms with Crippen molar-refractivity contribution in [3.05, 3.63) is 59.8 Å². The lowest BCUT2D eigenvalue weighted by molar-refractivity contribution is 0.456. The van der Waals surface area contributed by atoms with Crippen LogP contribution in [0.3, 0.4) is 0 Å². The average molecular weight is 316 g/mol. The van der Waals surface area contributed by atoms with E-state index in [1.54, 1.807) is 6.20 Å². The van der Waals surface area contributed by atoms with Crippen LogP contribution in [-0.2, 0) is 0 Å². The highest BCUT2D eigenvalue weighted by Gasteiger charge is 2.01. The molecule has 0 bridgehead atoms. The Balaban J connectivity index is 1.85. The highest BCUT2D eigenvalue weighted by atomic mass is 35.5. The van der Waals surface area contributed by atoms with Crippen molar-refractivity contribution in [1.29, 1.82) is 0 Å². The SMILES string of the molecule is CN(C)CC=CC=CCCNc1ccnc2cc(Cl)ccc12. The number of aromatic nitrogens is 1. The van der Waals surface area contributed by atoms with Gasteiger partial charge in [-0.3, -0.25) is 4.98 Å². The third-order valence-electron chi connectivity index (χ3n) is 3.19. The molecule has 0 aliphatic rings. The van der Waals surface area contributed by atoms with Crippen molar-refractivity contribution in [2.45, 2.75) is 6.42 Å². The summed E-state index contributed by atoms with van der Waals surface area (Å²) in [5.74, 6) is 0. The molecule has 1 aromatic heterocycles. The number of anilines is 1. The lowest BCUT2D eigenvalue weighted by Gasteiger charge is -2.08. The maximum atomic E-state index is 6.00. The molecule has 22 heavy (non-hydrogen) atoms. The Hall–Kier alpha value is -1.84. The normalized spacial score (nSPS) is 12.0. The minimum atomic E-state index is 0.713. The molecule has 116 valence electrons. The predicted octanol–water partition coefficient (Wildman–Crippen LogP) is 4.36. The first-order valence-corrected chi connectivity index (χ1v) is 7.79. The summed E-state index contributed by atoms with van der Waals surface area (Å²) < 4.78 is 0. The number of likely N-dealkylation sites (N-methyl/N-ethyl adjacent to an activating group) is 1. The van der Waals surface area contributed by atoms with Crippen molar-refractivity contribution in [3.63, 3.8) is 0 Å². The molecular formula is C18H22ClN3. The summed E-state index contributed by atoms with van der Waals surface area (Å²) in [7, 11) is 4.12. The number of nitrogens with one attached hydrogen (secondary N) is 1. The molecule has 0 saturated carbocycles. The van der Waals surface area contributed by atoms with Crippen LogP contribution < -0.4 is 5.32 Å². The van der Waals surface area contributed by atoms with Crippen molar-refractivity contribution in [1.82, 2.24) is 9.88 Å². The van der Waals surface area contributed by atoms with Crippen LogP contribution in [-0.4, -0.2) is 37.1 Å². The molecule has 0 amide bonds. The summed E-state index contributed by atoms with van der Waals surface area (Å²) in [5, 5.41) is 5.26. The third-order valence-corrected chi connectivity index (χ3v) is 3.42. The highest BCUT2D eigenvalue weighted by Crippen LogP contribution is 2.24. The predicted molar refractivity (Wildman–Crippen MR) is 96.7 cm³/mol. The van der Waals surface area contributed by atoms with Gasteiger partial charge in [-0.25, -0.2) is 0 Å². The molecule has 0 saturated heterocycles. The van der Waals surface area contributed by atoms with Gasteiger partial charge in [0.05, 0.1) is 5.52 Å². The second-order valence-electron chi connectivity index (χ2n) is 5.35. The summed E-state index contributed by atoms with van der Waals surface area (Å²) in [6.07, 6.45) is 11.3. The smallest absolute Gasteiger partial charge is 0.0737 e. The standard InChI is InChI=1S/C18H22ClN3/c1-22(2)13-7-5-3-4-6-11-20-17-10-12-21-18-14-15(19)8-9-16(17)18/h3-5,7-10,12,14H,6,11,13H2,1-2H3,(H,20,21). The van der Waals surface area contributed by atoms with Gasteiger partial charge in [0.25, 0.3) is 0 Å². The summed E-state index contributed by atoms with van der Waals surface area (Å²) >= 11 is 6.00. The molecule has 0 aliphatic heterocycles. The van der Waals surface area contributed by atoms with Gasteiger partial charge in [0.1, 0.15) is 0 Å². The zero-order chi connectivity index (χ0) is 15.8. The number of fused-ring (bicyclic) bond motifs is 1. The number of halogens is 1. The Morgan fingerprint density at radius 2 is 2.00 bits per heavy atom. The molecule has 0 aliphatic carbocycles. The van der Waals surface area contributed by atoms with Crippen LogP contribution in [0.1, 0.15) is 6.42 Å². The van der Waals surface area contributed by atoms with E-state index in [0.29, 0.717) is 5.02 Å². The molecule has 1 heterocycles. The van der Waals surface area contributed by atoms with Crippen LogP contribution in [0.5, 0.6) is 0 Å². The maximum absolute atomic E-state index is 6.00. The van der Waals surface area contributed by atoms with Crippen molar-refractivity contribution < 1.29 is 0 Å². The second-order valence-corrected chi connectivity index (χ2v) is 5.79. The maximum Gasteiger partial charge on any atom is 0.0737 e. The van der Waals surface area contributed by atoms with Crippen LogP contribution >= 0.6 is 11.6 Å². The van der Waals surface area contributed by atoms with E-state index in [0.717, 1.165) is 36.1 Å². The van der Waals surface area contributed by atoms with E-state index in [1.165, 1.54) is 0 Å². The minimum absolute atomic E-state index is 0.713.